The van der Waals surface area contributed by atoms with Gasteiger partial charge in [0.15, 0.2) is 0 Å². The number of rotatable bonds is 2. The van der Waals surface area contributed by atoms with Crippen molar-refractivity contribution >= 4 is 0 Å². The van der Waals surface area contributed by atoms with Gasteiger partial charge in [0.1, 0.15) is 0 Å². The van der Waals surface area contributed by atoms with E-state index in [-0.39, 0.29) is 17.6 Å². The van der Waals surface area contributed by atoms with E-state index in [4.69, 9.17) is 0 Å². The van der Waals surface area contributed by atoms with Crippen molar-refractivity contribution in [3.8, 4) is 0 Å². The maximum atomic E-state index is 10.2. The molecule has 3 heteroatoms. The highest BCUT2D eigenvalue weighted by atomic mass is 16.3. The van der Waals surface area contributed by atoms with Crippen molar-refractivity contribution in [1.29, 1.82) is 0 Å². The van der Waals surface area contributed by atoms with E-state index in [1.165, 1.54) is 12.8 Å². The number of hydrogen-bond acceptors (Lipinski definition) is 3. The molecule has 2 heterocycles. The molecule has 0 aromatic heterocycles. The molecular formula is C13H25NO2. The van der Waals surface area contributed by atoms with Crippen LogP contribution in [0.1, 0.15) is 46.5 Å². The SMILES string of the molecule is CC(C)(C)C(O)CN1C2CCC1CC(O)C2. The Balaban J connectivity index is 1.96. The summed E-state index contributed by atoms with van der Waals surface area (Å²) in [6.45, 7) is 7.01. The second kappa shape index (κ2) is 4.28. The molecule has 0 spiro atoms. The fourth-order valence-corrected chi connectivity index (χ4v) is 3.02. The first kappa shape index (κ1) is 12.3. The topological polar surface area (TPSA) is 43.7 Å². The normalized spacial score (nSPS) is 37.7. The Morgan fingerprint density at radius 1 is 1.19 bits per heavy atom. The Labute approximate surface area is 98.5 Å². The second-order valence-electron chi connectivity index (χ2n) is 6.59. The van der Waals surface area contributed by atoms with Crippen LogP contribution in [0.5, 0.6) is 0 Å². The molecule has 3 atom stereocenters. The predicted molar refractivity (Wildman–Crippen MR) is 64.2 cm³/mol. The Morgan fingerprint density at radius 2 is 1.69 bits per heavy atom. The molecule has 0 aromatic rings. The summed E-state index contributed by atoms with van der Waals surface area (Å²) in [5.41, 5.74) is -0.0461. The molecule has 0 aliphatic carbocycles. The molecule has 3 nitrogen and oxygen atoms in total. The van der Waals surface area contributed by atoms with E-state index < -0.39 is 0 Å². The van der Waals surface area contributed by atoms with Gasteiger partial charge in [0.2, 0.25) is 0 Å². The maximum absolute atomic E-state index is 10.2. The number of aliphatic hydroxyl groups excluding tert-OH is 2. The number of hydrogen-bond donors (Lipinski definition) is 2. The molecule has 0 aromatic carbocycles. The monoisotopic (exact) mass is 227 g/mol. The van der Waals surface area contributed by atoms with Crippen molar-refractivity contribution in [2.45, 2.75) is 70.7 Å². The first-order valence-corrected chi connectivity index (χ1v) is 6.50. The van der Waals surface area contributed by atoms with Crippen LogP contribution >= 0.6 is 0 Å². The van der Waals surface area contributed by atoms with Crippen LogP contribution < -0.4 is 0 Å². The number of fused-ring (bicyclic) bond motifs is 2. The molecule has 3 unspecified atom stereocenters. The highest BCUT2D eigenvalue weighted by Crippen LogP contribution is 2.36. The fraction of sp³-hybridized carbons (Fsp3) is 1.00. The van der Waals surface area contributed by atoms with Gasteiger partial charge in [-0.25, -0.2) is 0 Å². The van der Waals surface area contributed by atoms with Gasteiger partial charge in [0.05, 0.1) is 12.2 Å². The average molecular weight is 227 g/mol. The van der Waals surface area contributed by atoms with Crippen molar-refractivity contribution in [1.82, 2.24) is 4.90 Å². The molecule has 0 amide bonds. The molecule has 2 fully saturated rings. The Bertz CT molecular complexity index is 235. The van der Waals surface area contributed by atoms with Crippen LogP contribution in [0.2, 0.25) is 0 Å². The quantitative estimate of drug-likeness (QED) is 0.749. The Hall–Kier alpha value is -0.120. The van der Waals surface area contributed by atoms with E-state index >= 15 is 0 Å². The van der Waals surface area contributed by atoms with Crippen LogP contribution in [-0.2, 0) is 0 Å². The smallest absolute Gasteiger partial charge is 0.0715 e. The van der Waals surface area contributed by atoms with Gasteiger partial charge in [-0.05, 0) is 31.1 Å². The molecule has 0 saturated carbocycles. The predicted octanol–water partition coefficient (Wildman–Crippen LogP) is 1.38. The third-order valence-electron chi connectivity index (χ3n) is 4.24. The zero-order valence-corrected chi connectivity index (χ0v) is 10.7. The molecule has 2 aliphatic heterocycles. The highest BCUT2D eigenvalue weighted by molar-refractivity contribution is 4.96. The van der Waals surface area contributed by atoms with Crippen molar-refractivity contribution in [3.63, 3.8) is 0 Å². The summed E-state index contributed by atoms with van der Waals surface area (Å²) in [7, 11) is 0. The highest BCUT2D eigenvalue weighted by Gasteiger charge is 2.41. The third kappa shape index (κ3) is 2.41. The minimum absolute atomic E-state index is 0.0461. The zero-order chi connectivity index (χ0) is 11.9. The third-order valence-corrected chi connectivity index (χ3v) is 4.24. The number of nitrogens with zero attached hydrogens (tertiary/aromatic N) is 1. The summed E-state index contributed by atoms with van der Waals surface area (Å²) < 4.78 is 0. The Kier molecular flexibility index (Phi) is 3.30. The van der Waals surface area contributed by atoms with Crippen LogP contribution in [0.3, 0.4) is 0 Å². The van der Waals surface area contributed by atoms with E-state index in [1.807, 2.05) is 0 Å². The van der Waals surface area contributed by atoms with Crippen LogP contribution in [0.4, 0.5) is 0 Å². The van der Waals surface area contributed by atoms with Gasteiger partial charge in [-0.1, -0.05) is 20.8 Å². The minimum Gasteiger partial charge on any atom is -0.393 e. The molecule has 2 rings (SSSR count). The van der Waals surface area contributed by atoms with Crippen molar-refractivity contribution in [2.75, 3.05) is 6.54 Å². The molecule has 16 heavy (non-hydrogen) atoms. The number of aliphatic hydroxyl groups is 2. The summed E-state index contributed by atoms with van der Waals surface area (Å²) in [4.78, 5) is 2.43. The van der Waals surface area contributed by atoms with Crippen LogP contribution in [0.25, 0.3) is 0 Å². The summed E-state index contributed by atoms with van der Waals surface area (Å²) in [5.74, 6) is 0. The summed E-state index contributed by atoms with van der Waals surface area (Å²) in [6, 6.07) is 1.01. The van der Waals surface area contributed by atoms with Gasteiger partial charge < -0.3 is 10.2 Å². The zero-order valence-electron chi connectivity index (χ0n) is 10.7. The molecular weight excluding hydrogens is 202 g/mol. The molecule has 0 radical (unpaired) electrons. The van der Waals surface area contributed by atoms with Gasteiger partial charge in [-0.2, -0.15) is 0 Å². The van der Waals surface area contributed by atoms with Gasteiger partial charge in [0.25, 0.3) is 0 Å². The second-order valence-corrected chi connectivity index (χ2v) is 6.59. The molecule has 94 valence electrons. The summed E-state index contributed by atoms with van der Waals surface area (Å²) in [5, 5.41) is 19.9. The Morgan fingerprint density at radius 3 is 2.12 bits per heavy atom. The van der Waals surface area contributed by atoms with Gasteiger partial charge in [-0.3, -0.25) is 4.90 Å². The van der Waals surface area contributed by atoms with E-state index in [1.54, 1.807) is 0 Å². The minimum atomic E-state index is -0.272. The van der Waals surface area contributed by atoms with Crippen molar-refractivity contribution in [2.24, 2.45) is 5.41 Å². The lowest BCUT2D eigenvalue weighted by atomic mass is 9.87. The van der Waals surface area contributed by atoms with E-state index in [2.05, 4.69) is 25.7 Å². The fourth-order valence-electron chi connectivity index (χ4n) is 3.02. The van der Waals surface area contributed by atoms with E-state index in [0.717, 1.165) is 19.4 Å². The largest absolute Gasteiger partial charge is 0.393 e. The van der Waals surface area contributed by atoms with Gasteiger partial charge in [-0.15, -0.1) is 0 Å². The molecule has 2 aliphatic rings. The summed E-state index contributed by atoms with van der Waals surface area (Å²) >= 11 is 0. The van der Waals surface area contributed by atoms with Gasteiger partial charge >= 0.3 is 0 Å². The maximum Gasteiger partial charge on any atom is 0.0715 e. The standard InChI is InChI=1S/C13H25NO2/c1-13(2,3)12(16)8-14-9-4-5-10(14)7-11(15)6-9/h9-12,15-16H,4-8H2,1-3H3. The van der Waals surface area contributed by atoms with E-state index in [0.29, 0.717) is 12.1 Å². The lowest BCUT2D eigenvalue weighted by molar-refractivity contribution is -0.0218. The lowest BCUT2D eigenvalue weighted by Gasteiger charge is -2.40. The van der Waals surface area contributed by atoms with Crippen LogP contribution in [-0.4, -0.2) is 45.9 Å². The lowest BCUT2D eigenvalue weighted by Crippen LogP contribution is -2.50. The molecule has 2 bridgehead atoms. The summed E-state index contributed by atoms with van der Waals surface area (Å²) in [6.07, 6.45) is 3.80. The molecule has 2 N–H and O–H groups in total. The molecule has 2 saturated heterocycles. The van der Waals surface area contributed by atoms with Crippen LogP contribution in [0, 0.1) is 5.41 Å². The average Bonchev–Trinajstić information content (AvgIpc) is 2.41. The van der Waals surface area contributed by atoms with Crippen molar-refractivity contribution in [3.05, 3.63) is 0 Å². The van der Waals surface area contributed by atoms with Crippen LogP contribution in [0.15, 0.2) is 0 Å². The first-order chi connectivity index (χ1) is 7.38. The van der Waals surface area contributed by atoms with E-state index in [9.17, 15) is 10.2 Å². The first-order valence-electron chi connectivity index (χ1n) is 6.50. The van der Waals surface area contributed by atoms with Gasteiger partial charge in [0, 0.05) is 18.6 Å². The number of piperidine rings is 1. The van der Waals surface area contributed by atoms with Crippen molar-refractivity contribution < 1.29 is 10.2 Å².